The van der Waals surface area contributed by atoms with Crippen LogP contribution in [0.5, 0.6) is 5.75 Å². The highest BCUT2D eigenvalue weighted by Crippen LogP contribution is 2.23. The second-order valence-electron chi connectivity index (χ2n) is 7.05. The number of hydrogen-bond donors (Lipinski definition) is 1. The third-order valence-corrected chi connectivity index (χ3v) is 5.99. The van der Waals surface area contributed by atoms with Crippen molar-refractivity contribution in [2.75, 3.05) is 5.32 Å². The van der Waals surface area contributed by atoms with Crippen LogP contribution in [0.3, 0.4) is 0 Å². The van der Waals surface area contributed by atoms with Crippen molar-refractivity contribution < 1.29 is 9.53 Å². The topological polar surface area (TPSA) is 56.2 Å². The molecule has 0 unspecified atom stereocenters. The maximum atomic E-state index is 12.7. The number of carbonyl (C=O) groups excluding carboxylic acids is 1. The molecule has 0 fully saturated rings. The van der Waals surface area contributed by atoms with Crippen LogP contribution >= 0.6 is 11.3 Å². The third kappa shape index (κ3) is 3.53. The van der Waals surface area contributed by atoms with E-state index in [9.17, 15) is 4.79 Å². The molecule has 0 aliphatic carbocycles. The van der Waals surface area contributed by atoms with Gasteiger partial charge in [-0.3, -0.25) is 10.1 Å². The molecular weight excluding hydrogens is 394 g/mol. The van der Waals surface area contributed by atoms with Crippen LogP contribution in [-0.2, 0) is 13.7 Å². The Morgan fingerprint density at radius 1 is 1.03 bits per heavy atom. The van der Waals surface area contributed by atoms with Crippen molar-refractivity contribution >= 4 is 45.0 Å². The van der Waals surface area contributed by atoms with E-state index in [1.165, 1.54) is 16.7 Å². The maximum Gasteiger partial charge on any atom is 0.268 e. The summed E-state index contributed by atoms with van der Waals surface area (Å²) in [5, 5.41) is 7.18. The number of nitrogens with zero attached hydrogens (tertiary/aromatic N) is 2. The zero-order chi connectivity index (χ0) is 20.5. The van der Waals surface area contributed by atoms with Gasteiger partial charge in [0.1, 0.15) is 12.4 Å². The minimum atomic E-state index is -0.171. The molecular formula is C24H19N3O2S. The minimum Gasteiger partial charge on any atom is -0.489 e. The smallest absolute Gasteiger partial charge is 0.268 e. The Morgan fingerprint density at radius 3 is 2.70 bits per heavy atom. The number of para-hydroxylation sites is 2. The van der Waals surface area contributed by atoms with Crippen molar-refractivity contribution in [3.05, 3.63) is 88.6 Å². The number of amides is 1. The minimum absolute atomic E-state index is 0.171. The van der Waals surface area contributed by atoms with Gasteiger partial charge in [-0.25, -0.2) is 4.98 Å². The molecule has 2 aromatic heterocycles. The number of hydrogen-bond acceptors (Lipinski definition) is 4. The largest absolute Gasteiger partial charge is 0.489 e. The van der Waals surface area contributed by atoms with E-state index in [1.54, 1.807) is 0 Å². The number of ether oxygens (including phenoxy) is 1. The first-order valence-electron chi connectivity index (χ1n) is 9.59. The monoisotopic (exact) mass is 413 g/mol. The number of aromatic nitrogens is 2. The lowest BCUT2D eigenvalue weighted by Gasteiger charge is -2.06. The van der Waals surface area contributed by atoms with Crippen LogP contribution in [0.15, 0.2) is 78.2 Å². The summed E-state index contributed by atoms with van der Waals surface area (Å²) in [6.07, 6.45) is 0. The third-order valence-electron chi connectivity index (χ3n) is 5.02. The quantitative estimate of drug-likeness (QED) is 0.407. The average Bonchev–Trinajstić information content (AvgIpc) is 3.37. The molecule has 0 atom stereocenters. The van der Waals surface area contributed by atoms with E-state index < -0.39 is 0 Å². The molecule has 6 heteroatoms. The zero-order valence-corrected chi connectivity index (χ0v) is 17.1. The Labute approximate surface area is 177 Å². The van der Waals surface area contributed by atoms with Gasteiger partial charge in [-0.15, -0.1) is 11.3 Å². The number of nitrogens with one attached hydrogen (secondary N) is 1. The molecule has 30 heavy (non-hydrogen) atoms. The number of fused-ring (bicyclic) bond motifs is 2. The molecule has 0 aliphatic rings. The fourth-order valence-corrected chi connectivity index (χ4v) is 4.21. The van der Waals surface area contributed by atoms with Gasteiger partial charge in [0.25, 0.3) is 5.91 Å². The number of rotatable bonds is 5. The van der Waals surface area contributed by atoms with Crippen molar-refractivity contribution in [1.29, 1.82) is 0 Å². The average molecular weight is 414 g/mol. The molecule has 0 aliphatic heterocycles. The summed E-state index contributed by atoms with van der Waals surface area (Å²) in [6, 6.07) is 23.9. The summed E-state index contributed by atoms with van der Waals surface area (Å²) in [5.41, 5.74) is 2.79. The number of thiophene rings is 1. The molecule has 0 saturated carbocycles. The summed E-state index contributed by atoms with van der Waals surface area (Å²) in [7, 11) is 1.89. The zero-order valence-electron chi connectivity index (χ0n) is 16.3. The lowest BCUT2D eigenvalue weighted by atomic mass is 10.1. The summed E-state index contributed by atoms with van der Waals surface area (Å²) in [6.45, 7) is 0.411. The van der Waals surface area contributed by atoms with Crippen molar-refractivity contribution in [1.82, 2.24) is 9.55 Å². The lowest BCUT2D eigenvalue weighted by Crippen LogP contribution is -2.13. The van der Waals surface area contributed by atoms with Crippen LogP contribution in [0.25, 0.3) is 21.8 Å². The summed E-state index contributed by atoms with van der Waals surface area (Å²) >= 11 is 1.40. The summed E-state index contributed by atoms with van der Waals surface area (Å²) in [4.78, 5) is 17.8. The van der Waals surface area contributed by atoms with Gasteiger partial charge in [0.2, 0.25) is 5.95 Å². The molecule has 5 rings (SSSR count). The number of carbonyl (C=O) groups is 1. The van der Waals surface area contributed by atoms with E-state index in [4.69, 9.17) is 4.74 Å². The van der Waals surface area contributed by atoms with E-state index in [2.05, 4.69) is 22.4 Å². The molecule has 0 bridgehead atoms. The van der Waals surface area contributed by atoms with E-state index in [0.29, 0.717) is 17.4 Å². The fourth-order valence-electron chi connectivity index (χ4n) is 3.41. The highest BCUT2D eigenvalue weighted by atomic mass is 32.1. The molecule has 1 N–H and O–H groups in total. The molecule has 148 valence electrons. The van der Waals surface area contributed by atoms with Crippen molar-refractivity contribution in [2.45, 2.75) is 6.61 Å². The van der Waals surface area contributed by atoms with Crippen molar-refractivity contribution in [3.8, 4) is 5.75 Å². The van der Waals surface area contributed by atoms with Crippen molar-refractivity contribution in [3.63, 3.8) is 0 Å². The molecule has 0 saturated heterocycles. The first kappa shape index (κ1) is 18.4. The Balaban J connectivity index is 1.27. The Morgan fingerprint density at radius 2 is 1.83 bits per heavy atom. The van der Waals surface area contributed by atoms with Gasteiger partial charge < -0.3 is 9.30 Å². The Kier molecular flexibility index (Phi) is 4.69. The van der Waals surface area contributed by atoms with Gasteiger partial charge in [-0.1, -0.05) is 42.5 Å². The Bertz CT molecular complexity index is 1370. The van der Waals surface area contributed by atoms with Crippen LogP contribution < -0.4 is 10.1 Å². The van der Waals surface area contributed by atoms with Crippen LogP contribution in [0.1, 0.15) is 15.2 Å². The predicted molar refractivity (Wildman–Crippen MR) is 121 cm³/mol. The second-order valence-corrected chi connectivity index (χ2v) is 7.97. The van der Waals surface area contributed by atoms with E-state index in [-0.39, 0.29) is 5.91 Å². The highest BCUT2D eigenvalue weighted by Gasteiger charge is 2.14. The lowest BCUT2D eigenvalue weighted by molar-refractivity contribution is 0.102. The predicted octanol–water partition coefficient (Wildman–Crippen LogP) is 5.62. The van der Waals surface area contributed by atoms with Crippen molar-refractivity contribution in [2.24, 2.45) is 7.05 Å². The number of imidazole rings is 1. The van der Waals surface area contributed by atoms with Gasteiger partial charge >= 0.3 is 0 Å². The van der Waals surface area contributed by atoms with Gasteiger partial charge in [-0.05, 0) is 46.5 Å². The van der Waals surface area contributed by atoms with Gasteiger partial charge in [0, 0.05) is 12.6 Å². The molecule has 3 aromatic carbocycles. The number of aryl methyl sites for hydroxylation is 1. The maximum absolute atomic E-state index is 12.7. The van der Waals surface area contributed by atoms with Crippen LogP contribution in [-0.4, -0.2) is 15.5 Å². The van der Waals surface area contributed by atoms with Gasteiger partial charge in [0.15, 0.2) is 0 Å². The first-order chi connectivity index (χ1) is 14.7. The standard InChI is InChI=1S/C24H19N3O2S/c1-27-21-9-5-4-8-20(21)25-24(27)26-23(28)22-12-16(15-30-22)14-29-19-11-10-17-6-2-3-7-18(17)13-19/h2-13,15H,14H2,1H3,(H,25,26,28). The molecule has 5 nitrogen and oxygen atoms in total. The molecule has 2 heterocycles. The second kappa shape index (κ2) is 7.65. The van der Waals surface area contributed by atoms with Crippen LogP contribution in [0, 0.1) is 0 Å². The molecule has 0 radical (unpaired) electrons. The van der Waals surface area contributed by atoms with E-state index >= 15 is 0 Å². The van der Waals surface area contributed by atoms with E-state index in [1.807, 2.05) is 77.7 Å². The summed E-state index contributed by atoms with van der Waals surface area (Å²) < 4.78 is 7.81. The van der Waals surface area contributed by atoms with Gasteiger partial charge in [-0.2, -0.15) is 0 Å². The van der Waals surface area contributed by atoms with Crippen LogP contribution in [0.2, 0.25) is 0 Å². The fraction of sp³-hybridized carbons (Fsp3) is 0.0833. The number of anilines is 1. The normalized spacial score (nSPS) is 11.1. The Hall–Kier alpha value is -3.64. The molecule has 1 amide bonds. The molecule has 5 aromatic rings. The summed E-state index contributed by atoms with van der Waals surface area (Å²) in [5.74, 6) is 1.17. The SMILES string of the molecule is Cn1c(NC(=O)c2cc(COc3ccc4ccccc4c3)cs2)nc2ccccc21. The van der Waals surface area contributed by atoms with E-state index in [0.717, 1.165) is 27.7 Å². The van der Waals surface area contributed by atoms with Gasteiger partial charge in [0.05, 0.1) is 15.9 Å². The van der Waals surface area contributed by atoms with Crippen LogP contribution in [0.4, 0.5) is 5.95 Å². The highest BCUT2D eigenvalue weighted by molar-refractivity contribution is 7.12. The number of benzene rings is 3. The molecule has 0 spiro atoms. The first-order valence-corrected chi connectivity index (χ1v) is 10.5.